The second-order valence-electron chi connectivity index (χ2n) is 6.27. The quantitative estimate of drug-likeness (QED) is 0.385. The Morgan fingerprint density at radius 3 is 2.53 bits per heavy atom. The van der Waals surface area contributed by atoms with Crippen molar-refractivity contribution < 1.29 is 36.4 Å². The maximum atomic E-state index is 12.5. The molecule has 2 rings (SSSR count). The van der Waals surface area contributed by atoms with Crippen molar-refractivity contribution in [1.82, 2.24) is 9.55 Å². The minimum Gasteiger partial charge on any atom is -0.463 e. The maximum Gasteiger partial charge on any atom is 0.351 e. The Morgan fingerprint density at radius 2 is 2.00 bits per heavy atom. The van der Waals surface area contributed by atoms with Crippen LogP contribution < -0.4 is 11.4 Å². The number of ether oxygens (including phenoxy) is 3. The minimum atomic E-state index is -4.04. The van der Waals surface area contributed by atoms with E-state index in [9.17, 15) is 22.8 Å². The topological polar surface area (TPSA) is 166 Å². The van der Waals surface area contributed by atoms with Gasteiger partial charge in [0.1, 0.15) is 24.6 Å². The molecular formula is C16H20BrN3O9S. The molecule has 12 nitrogen and oxygen atoms in total. The molecular weight excluding hydrogens is 490 g/mol. The lowest BCUT2D eigenvalue weighted by Crippen LogP contribution is -2.42. The number of esters is 2. The van der Waals surface area contributed by atoms with Crippen molar-refractivity contribution in [2.45, 2.75) is 38.4 Å². The predicted molar refractivity (Wildman–Crippen MR) is 107 cm³/mol. The Balaban J connectivity index is 2.56. The molecule has 30 heavy (non-hydrogen) atoms. The van der Waals surface area contributed by atoms with Gasteiger partial charge in [0, 0.05) is 25.6 Å². The van der Waals surface area contributed by atoms with Crippen LogP contribution in [0.2, 0.25) is 0 Å². The monoisotopic (exact) mass is 509 g/mol. The van der Waals surface area contributed by atoms with E-state index < -0.39 is 58.9 Å². The molecule has 0 saturated carbocycles. The van der Waals surface area contributed by atoms with E-state index in [0.29, 0.717) is 5.56 Å². The zero-order valence-corrected chi connectivity index (χ0v) is 18.6. The van der Waals surface area contributed by atoms with Gasteiger partial charge in [-0.1, -0.05) is 15.9 Å². The van der Waals surface area contributed by atoms with Crippen LogP contribution in [0.15, 0.2) is 16.0 Å². The number of halogens is 1. The van der Waals surface area contributed by atoms with Gasteiger partial charge in [0.2, 0.25) is 0 Å². The summed E-state index contributed by atoms with van der Waals surface area (Å²) < 4.78 is 45.4. The van der Waals surface area contributed by atoms with Crippen molar-refractivity contribution in [3.63, 3.8) is 0 Å². The van der Waals surface area contributed by atoms with Crippen LogP contribution in [0.25, 0.3) is 6.08 Å². The van der Waals surface area contributed by atoms with Crippen LogP contribution in [0, 0.1) is 0 Å². The second kappa shape index (κ2) is 9.68. The number of carbonyl (C=O) groups excluding carboxylic acids is 2. The highest BCUT2D eigenvalue weighted by molar-refractivity contribution is 9.11. The van der Waals surface area contributed by atoms with Crippen LogP contribution in [0.1, 0.15) is 25.6 Å². The van der Waals surface area contributed by atoms with Crippen LogP contribution in [0.3, 0.4) is 0 Å². The smallest absolute Gasteiger partial charge is 0.351 e. The minimum absolute atomic E-state index is 0.0608. The van der Waals surface area contributed by atoms with Crippen molar-refractivity contribution in [3.05, 3.63) is 27.2 Å². The highest BCUT2D eigenvalue weighted by atomic mass is 79.9. The molecule has 1 aromatic rings. The first kappa shape index (κ1) is 24.0. The molecule has 1 aliphatic rings. The third kappa shape index (κ3) is 6.10. The van der Waals surface area contributed by atoms with E-state index in [1.165, 1.54) is 17.3 Å². The van der Waals surface area contributed by atoms with Crippen LogP contribution >= 0.6 is 15.9 Å². The largest absolute Gasteiger partial charge is 0.463 e. The molecule has 0 unspecified atom stereocenters. The molecule has 0 amide bonds. The summed E-state index contributed by atoms with van der Waals surface area (Å²) in [6.07, 6.45) is -1.66. The third-order valence-electron chi connectivity index (χ3n) is 3.85. The molecule has 1 aliphatic heterocycles. The van der Waals surface area contributed by atoms with E-state index in [-0.39, 0.29) is 5.82 Å². The molecule has 166 valence electrons. The number of aromatic nitrogens is 2. The summed E-state index contributed by atoms with van der Waals surface area (Å²) in [5, 5.41) is 0. The van der Waals surface area contributed by atoms with Gasteiger partial charge in [-0.05, 0) is 11.1 Å². The van der Waals surface area contributed by atoms with Crippen LogP contribution in [0.4, 0.5) is 5.82 Å². The normalized spacial score (nSPS) is 24.1. The summed E-state index contributed by atoms with van der Waals surface area (Å²) in [4.78, 5) is 40.5. The molecule has 14 heteroatoms. The molecule has 0 aromatic carbocycles. The highest BCUT2D eigenvalue weighted by Crippen LogP contribution is 2.34. The molecule has 0 spiro atoms. The second-order valence-corrected chi connectivity index (χ2v) is 8.40. The van der Waals surface area contributed by atoms with Gasteiger partial charge in [0.05, 0.1) is 6.26 Å². The Labute approximate surface area is 180 Å². The molecule has 0 radical (unpaired) electrons. The van der Waals surface area contributed by atoms with Gasteiger partial charge in [-0.25, -0.2) is 4.79 Å². The van der Waals surface area contributed by atoms with Gasteiger partial charge in [0.25, 0.3) is 10.1 Å². The van der Waals surface area contributed by atoms with E-state index in [0.717, 1.165) is 24.7 Å². The zero-order valence-electron chi connectivity index (χ0n) is 16.2. The number of hydrogen-bond acceptors (Lipinski definition) is 11. The standard InChI is InChI=1S/C16H20BrN3O9S/c1-8(21)26-7-11-12(29-30(3,24)25)13(27-9(2)22)15(28-11)20-6-10(4-5-17)14(18)19-16(20)23/h4-6,11-13,15H,7H2,1-3H3,(H2,18,19,23)/t11-,12+,13-,15-/m1/s1. The fourth-order valence-electron chi connectivity index (χ4n) is 2.78. The Bertz CT molecular complexity index is 1010. The van der Waals surface area contributed by atoms with Crippen molar-refractivity contribution in [2.75, 3.05) is 18.6 Å². The lowest BCUT2D eigenvalue weighted by molar-refractivity contribution is -0.155. The van der Waals surface area contributed by atoms with Gasteiger partial charge in [-0.15, -0.1) is 0 Å². The predicted octanol–water partition coefficient (Wildman–Crippen LogP) is -0.0719. The summed E-state index contributed by atoms with van der Waals surface area (Å²) in [7, 11) is -4.04. The fourth-order valence-corrected chi connectivity index (χ4v) is 3.70. The number of nitrogens with zero attached hydrogens (tertiary/aromatic N) is 2. The number of rotatable bonds is 7. The molecule has 1 saturated heterocycles. The average molecular weight is 510 g/mol. The summed E-state index contributed by atoms with van der Waals surface area (Å²) in [6, 6.07) is 0. The van der Waals surface area contributed by atoms with Gasteiger partial charge < -0.3 is 19.9 Å². The van der Waals surface area contributed by atoms with E-state index in [1.807, 2.05) is 0 Å². The van der Waals surface area contributed by atoms with E-state index in [4.69, 9.17) is 24.1 Å². The third-order valence-corrected chi connectivity index (χ3v) is 4.69. The molecule has 4 atom stereocenters. The lowest BCUT2D eigenvalue weighted by Gasteiger charge is -2.23. The zero-order chi connectivity index (χ0) is 22.6. The first-order valence-corrected chi connectivity index (χ1v) is 11.2. The Morgan fingerprint density at radius 1 is 1.33 bits per heavy atom. The van der Waals surface area contributed by atoms with E-state index >= 15 is 0 Å². The number of anilines is 1. The molecule has 1 fully saturated rings. The number of hydrogen-bond donors (Lipinski definition) is 1. The molecule has 2 N–H and O–H groups in total. The van der Waals surface area contributed by atoms with E-state index in [1.54, 1.807) is 0 Å². The van der Waals surface area contributed by atoms with Crippen molar-refractivity contribution in [2.24, 2.45) is 0 Å². The molecule has 0 aliphatic carbocycles. The van der Waals surface area contributed by atoms with Gasteiger partial charge in [-0.2, -0.15) is 13.4 Å². The first-order valence-electron chi connectivity index (χ1n) is 8.42. The van der Waals surface area contributed by atoms with Crippen molar-refractivity contribution in [1.29, 1.82) is 0 Å². The lowest BCUT2D eigenvalue weighted by atomic mass is 10.1. The Hall–Kier alpha value is -2.29. The van der Waals surface area contributed by atoms with Crippen molar-refractivity contribution >= 4 is 49.9 Å². The van der Waals surface area contributed by atoms with Gasteiger partial charge in [0.15, 0.2) is 12.3 Å². The first-order chi connectivity index (χ1) is 13.9. The summed E-state index contributed by atoms with van der Waals surface area (Å²) >= 11 is 3.09. The van der Waals surface area contributed by atoms with Gasteiger partial charge in [-0.3, -0.25) is 18.3 Å². The van der Waals surface area contributed by atoms with Crippen LogP contribution in [-0.4, -0.2) is 61.1 Å². The SMILES string of the molecule is CC(=O)OC[C@H]1O[C@@H](n2cc(C=CBr)c(N)nc2=O)[C@H](OC(C)=O)[C@H]1OS(C)(=O)=O. The summed E-state index contributed by atoms with van der Waals surface area (Å²) in [5.41, 5.74) is 5.22. The highest BCUT2D eigenvalue weighted by Gasteiger charge is 2.51. The Kier molecular flexibility index (Phi) is 7.74. The van der Waals surface area contributed by atoms with Crippen LogP contribution in [-0.2, 0) is 38.1 Å². The molecule has 2 heterocycles. The summed E-state index contributed by atoms with van der Waals surface area (Å²) in [6.45, 7) is 1.84. The number of carbonyl (C=O) groups is 2. The number of nitrogens with two attached hydrogens (primary N) is 1. The number of nitrogen functional groups attached to an aromatic ring is 1. The molecule has 0 bridgehead atoms. The fraction of sp³-hybridized carbons (Fsp3) is 0.500. The maximum absolute atomic E-state index is 12.5. The molecule has 1 aromatic heterocycles. The van der Waals surface area contributed by atoms with Crippen molar-refractivity contribution in [3.8, 4) is 0 Å². The van der Waals surface area contributed by atoms with Crippen LogP contribution in [0.5, 0.6) is 0 Å². The summed E-state index contributed by atoms with van der Waals surface area (Å²) in [5.74, 6) is -1.49. The van der Waals surface area contributed by atoms with Gasteiger partial charge >= 0.3 is 17.6 Å². The average Bonchev–Trinajstić information content (AvgIpc) is 2.91. The van der Waals surface area contributed by atoms with E-state index in [2.05, 4.69) is 20.9 Å².